The number of para-hydroxylation sites is 1. The van der Waals surface area contributed by atoms with Gasteiger partial charge in [-0.25, -0.2) is 4.98 Å². The zero-order valence-corrected chi connectivity index (χ0v) is 14.5. The zero-order chi connectivity index (χ0) is 16.8. The van der Waals surface area contributed by atoms with Gasteiger partial charge in [0.15, 0.2) is 0 Å². The number of nitrogens with one attached hydrogen (secondary N) is 1. The van der Waals surface area contributed by atoms with Crippen LogP contribution < -0.4 is 15.8 Å². The van der Waals surface area contributed by atoms with E-state index in [1.807, 2.05) is 24.3 Å². The smallest absolute Gasteiger partial charge is 0.271 e. The fourth-order valence-corrected chi connectivity index (χ4v) is 3.09. The van der Waals surface area contributed by atoms with Crippen LogP contribution in [0, 0.1) is 5.92 Å². The van der Waals surface area contributed by atoms with Crippen molar-refractivity contribution >= 4 is 17.2 Å². The lowest BCUT2D eigenvalue weighted by atomic mass is 9.96. The Morgan fingerprint density at radius 2 is 2.13 bits per heavy atom. The molecule has 0 saturated carbocycles. The van der Waals surface area contributed by atoms with Gasteiger partial charge in [0.2, 0.25) is 0 Å². The van der Waals surface area contributed by atoms with Crippen molar-refractivity contribution in [1.29, 1.82) is 0 Å². The largest absolute Gasteiger partial charge is 0.496 e. The minimum absolute atomic E-state index is 0.123. The molecule has 0 saturated heterocycles. The minimum atomic E-state index is -0.183. The van der Waals surface area contributed by atoms with Crippen LogP contribution in [0.5, 0.6) is 5.75 Å². The molecule has 5 nitrogen and oxygen atoms in total. The van der Waals surface area contributed by atoms with Crippen molar-refractivity contribution in [3.8, 4) is 5.75 Å². The molecule has 0 fully saturated rings. The molecule has 6 heteroatoms. The molecule has 23 heavy (non-hydrogen) atoms. The van der Waals surface area contributed by atoms with Crippen molar-refractivity contribution in [3.05, 3.63) is 45.9 Å². The number of nitrogens with two attached hydrogens (primary N) is 1. The van der Waals surface area contributed by atoms with E-state index in [1.54, 1.807) is 12.5 Å². The van der Waals surface area contributed by atoms with Gasteiger partial charge in [-0.05, 0) is 18.4 Å². The summed E-state index contributed by atoms with van der Waals surface area (Å²) in [5.74, 6) is 1.03. The highest BCUT2D eigenvalue weighted by atomic mass is 32.1. The van der Waals surface area contributed by atoms with Gasteiger partial charge in [-0.2, -0.15) is 0 Å². The van der Waals surface area contributed by atoms with Crippen LogP contribution in [0.25, 0.3) is 0 Å². The van der Waals surface area contributed by atoms with E-state index in [2.05, 4.69) is 24.1 Å². The summed E-state index contributed by atoms with van der Waals surface area (Å²) in [7, 11) is 1.64. The fourth-order valence-electron chi connectivity index (χ4n) is 2.43. The monoisotopic (exact) mass is 333 g/mol. The summed E-state index contributed by atoms with van der Waals surface area (Å²) in [6.07, 6.45) is 0.819. The van der Waals surface area contributed by atoms with E-state index < -0.39 is 0 Å². The number of benzene rings is 1. The molecule has 1 aromatic carbocycles. The lowest BCUT2D eigenvalue weighted by Crippen LogP contribution is -2.30. The van der Waals surface area contributed by atoms with Gasteiger partial charge in [-0.1, -0.05) is 32.0 Å². The molecular weight excluding hydrogens is 310 g/mol. The quantitative estimate of drug-likeness (QED) is 0.816. The van der Waals surface area contributed by atoms with Crippen molar-refractivity contribution in [2.75, 3.05) is 7.11 Å². The number of carbonyl (C=O) groups is 1. The van der Waals surface area contributed by atoms with Gasteiger partial charge in [-0.15, -0.1) is 11.3 Å². The molecule has 1 heterocycles. The lowest BCUT2D eigenvalue weighted by Gasteiger charge is -2.22. The van der Waals surface area contributed by atoms with Gasteiger partial charge < -0.3 is 15.8 Å². The Morgan fingerprint density at radius 3 is 2.74 bits per heavy atom. The first-order chi connectivity index (χ1) is 11.0. The van der Waals surface area contributed by atoms with Crippen LogP contribution in [0.2, 0.25) is 0 Å². The Bertz CT molecular complexity index is 655. The number of nitrogens with zero attached hydrogens (tertiary/aromatic N) is 1. The Kier molecular flexibility index (Phi) is 6.12. The van der Waals surface area contributed by atoms with E-state index in [-0.39, 0.29) is 11.9 Å². The highest BCUT2D eigenvalue weighted by molar-refractivity contribution is 7.09. The molecule has 2 aromatic rings. The van der Waals surface area contributed by atoms with Crippen molar-refractivity contribution in [2.45, 2.75) is 32.9 Å². The fraction of sp³-hybridized carbons (Fsp3) is 0.412. The molecule has 0 bridgehead atoms. The van der Waals surface area contributed by atoms with Gasteiger partial charge >= 0.3 is 0 Å². The van der Waals surface area contributed by atoms with Gasteiger partial charge in [0.1, 0.15) is 16.5 Å². The highest BCUT2D eigenvalue weighted by Gasteiger charge is 2.21. The topological polar surface area (TPSA) is 77.2 Å². The Labute approximate surface area is 140 Å². The number of hydrogen-bond donors (Lipinski definition) is 2. The second-order valence-electron chi connectivity index (χ2n) is 5.73. The second kappa shape index (κ2) is 8.08. The molecule has 0 radical (unpaired) electrons. The molecule has 1 unspecified atom stereocenters. The summed E-state index contributed by atoms with van der Waals surface area (Å²) >= 11 is 1.40. The van der Waals surface area contributed by atoms with Crippen molar-refractivity contribution in [3.63, 3.8) is 0 Å². The normalized spacial score (nSPS) is 12.2. The maximum Gasteiger partial charge on any atom is 0.271 e. The Morgan fingerprint density at radius 1 is 1.39 bits per heavy atom. The molecule has 0 aliphatic heterocycles. The molecule has 1 amide bonds. The molecule has 0 aliphatic carbocycles. The van der Waals surface area contributed by atoms with E-state index in [1.165, 1.54) is 11.3 Å². The third-order valence-electron chi connectivity index (χ3n) is 3.49. The zero-order valence-electron chi connectivity index (χ0n) is 13.7. The number of hydrogen-bond acceptors (Lipinski definition) is 5. The summed E-state index contributed by atoms with van der Waals surface area (Å²) in [4.78, 5) is 16.7. The summed E-state index contributed by atoms with van der Waals surface area (Å²) in [6.45, 7) is 4.60. The summed E-state index contributed by atoms with van der Waals surface area (Å²) in [6, 6.07) is 7.64. The van der Waals surface area contributed by atoms with Crippen LogP contribution in [-0.4, -0.2) is 18.0 Å². The third-order valence-corrected chi connectivity index (χ3v) is 4.36. The van der Waals surface area contributed by atoms with Crippen molar-refractivity contribution < 1.29 is 9.53 Å². The van der Waals surface area contributed by atoms with Gasteiger partial charge in [0, 0.05) is 17.5 Å². The predicted octanol–water partition coefficient (Wildman–Crippen LogP) is 3.13. The molecule has 3 N–H and O–H groups in total. The summed E-state index contributed by atoms with van der Waals surface area (Å²) in [5, 5.41) is 5.58. The summed E-state index contributed by atoms with van der Waals surface area (Å²) in [5.41, 5.74) is 6.95. The molecular formula is C17H23N3O2S. The molecule has 0 aliphatic rings. The number of ether oxygens (including phenoxy) is 1. The minimum Gasteiger partial charge on any atom is -0.496 e. The number of methoxy groups -OCH3 is 1. The first-order valence-electron chi connectivity index (χ1n) is 7.63. The number of amides is 1. The van der Waals surface area contributed by atoms with Crippen LogP contribution in [0.4, 0.5) is 0 Å². The maximum atomic E-state index is 12.5. The predicted molar refractivity (Wildman–Crippen MR) is 92.7 cm³/mol. The van der Waals surface area contributed by atoms with Crippen LogP contribution in [0.15, 0.2) is 29.6 Å². The van der Waals surface area contributed by atoms with E-state index in [9.17, 15) is 4.79 Å². The number of thiazole rings is 1. The SMILES string of the molecule is COc1ccccc1C(CC(C)C)NC(=O)c1csc(CN)n1. The van der Waals surface area contributed by atoms with E-state index >= 15 is 0 Å². The molecule has 1 aromatic heterocycles. The number of aromatic nitrogens is 1. The highest BCUT2D eigenvalue weighted by Crippen LogP contribution is 2.29. The van der Waals surface area contributed by atoms with Gasteiger partial charge in [-0.3, -0.25) is 4.79 Å². The number of carbonyl (C=O) groups excluding carboxylic acids is 1. The Hall–Kier alpha value is -1.92. The first kappa shape index (κ1) is 17.4. The standard InChI is InChI=1S/C17H23N3O2S/c1-11(2)8-13(12-6-4-5-7-15(12)22-3)20-17(21)14-10-23-16(9-18)19-14/h4-7,10-11,13H,8-9,18H2,1-3H3,(H,20,21). The number of rotatable bonds is 7. The third kappa shape index (κ3) is 4.53. The van der Waals surface area contributed by atoms with Gasteiger partial charge in [0.05, 0.1) is 13.2 Å². The van der Waals surface area contributed by atoms with E-state index in [4.69, 9.17) is 10.5 Å². The maximum absolute atomic E-state index is 12.5. The van der Waals surface area contributed by atoms with E-state index in [0.29, 0.717) is 18.2 Å². The van der Waals surface area contributed by atoms with E-state index in [0.717, 1.165) is 22.7 Å². The average Bonchev–Trinajstić information content (AvgIpc) is 3.03. The second-order valence-corrected chi connectivity index (χ2v) is 6.67. The molecule has 0 spiro atoms. The average molecular weight is 333 g/mol. The van der Waals surface area contributed by atoms with Crippen LogP contribution >= 0.6 is 11.3 Å². The lowest BCUT2D eigenvalue weighted by molar-refractivity contribution is 0.0927. The molecule has 124 valence electrons. The van der Waals surface area contributed by atoms with Gasteiger partial charge in [0.25, 0.3) is 5.91 Å². The van der Waals surface area contributed by atoms with Crippen molar-refractivity contribution in [1.82, 2.24) is 10.3 Å². The Balaban J connectivity index is 2.23. The molecule has 1 atom stereocenters. The van der Waals surface area contributed by atoms with Crippen molar-refractivity contribution in [2.24, 2.45) is 11.7 Å². The molecule has 2 rings (SSSR count). The first-order valence-corrected chi connectivity index (χ1v) is 8.51. The summed E-state index contributed by atoms with van der Waals surface area (Å²) < 4.78 is 5.44. The van der Waals surface area contributed by atoms with Crippen LogP contribution in [-0.2, 0) is 6.54 Å². The van der Waals surface area contributed by atoms with Crippen LogP contribution in [0.3, 0.4) is 0 Å². The van der Waals surface area contributed by atoms with Crippen LogP contribution in [0.1, 0.15) is 47.4 Å².